The van der Waals surface area contributed by atoms with Crippen molar-refractivity contribution in [1.29, 1.82) is 0 Å². The molecule has 2 aromatic rings. The van der Waals surface area contributed by atoms with Crippen LogP contribution in [0.3, 0.4) is 0 Å². The molecular weight excluding hydrogens is 283 g/mol. The SMILES string of the molecule is Cc1cc(Cl)ccc1NC(=O)c1cc(N)ccc1Cl. The first kappa shape index (κ1) is 13.7. The fraction of sp³-hybridized carbons (Fsp3) is 0.0714. The molecule has 19 heavy (non-hydrogen) atoms. The Morgan fingerprint density at radius 2 is 1.89 bits per heavy atom. The van der Waals surface area contributed by atoms with Gasteiger partial charge in [0.1, 0.15) is 0 Å². The van der Waals surface area contributed by atoms with E-state index in [1.165, 1.54) is 0 Å². The van der Waals surface area contributed by atoms with Gasteiger partial charge in [-0.2, -0.15) is 0 Å². The Kier molecular flexibility index (Phi) is 3.98. The molecule has 0 aromatic heterocycles. The van der Waals surface area contributed by atoms with Crippen LogP contribution in [-0.2, 0) is 0 Å². The predicted octanol–water partition coefficient (Wildman–Crippen LogP) is 4.14. The van der Waals surface area contributed by atoms with Crippen LogP contribution in [0.25, 0.3) is 0 Å². The summed E-state index contributed by atoms with van der Waals surface area (Å²) in [7, 11) is 0. The van der Waals surface area contributed by atoms with Crippen molar-refractivity contribution in [1.82, 2.24) is 0 Å². The zero-order chi connectivity index (χ0) is 14.0. The van der Waals surface area contributed by atoms with Crippen LogP contribution in [0, 0.1) is 6.92 Å². The van der Waals surface area contributed by atoms with E-state index in [1.54, 1.807) is 36.4 Å². The largest absolute Gasteiger partial charge is 0.399 e. The Hall–Kier alpha value is -1.71. The monoisotopic (exact) mass is 294 g/mol. The van der Waals surface area contributed by atoms with E-state index in [-0.39, 0.29) is 5.91 Å². The highest BCUT2D eigenvalue weighted by molar-refractivity contribution is 6.34. The zero-order valence-corrected chi connectivity index (χ0v) is 11.7. The fourth-order valence-corrected chi connectivity index (χ4v) is 2.10. The third-order valence-corrected chi connectivity index (χ3v) is 3.24. The Balaban J connectivity index is 2.28. The van der Waals surface area contributed by atoms with Gasteiger partial charge >= 0.3 is 0 Å². The number of hydrogen-bond donors (Lipinski definition) is 2. The van der Waals surface area contributed by atoms with Crippen molar-refractivity contribution in [3.05, 3.63) is 57.6 Å². The van der Waals surface area contributed by atoms with Crippen LogP contribution in [0.15, 0.2) is 36.4 Å². The Bertz CT molecular complexity index is 641. The molecule has 98 valence electrons. The lowest BCUT2D eigenvalue weighted by Crippen LogP contribution is -2.13. The first-order valence-corrected chi connectivity index (χ1v) is 6.35. The average molecular weight is 295 g/mol. The van der Waals surface area contributed by atoms with E-state index in [0.717, 1.165) is 5.56 Å². The second-order valence-electron chi connectivity index (χ2n) is 4.15. The van der Waals surface area contributed by atoms with Crippen molar-refractivity contribution in [2.45, 2.75) is 6.92 Å². The standard InChI is InChI=1S/C14H12Cl2N2O/c1-8-6-9(15)2-5-13(8)18-14(19)11-7-10(17)3-4-12(11)16/h2-7H,17H2,1H3,(H,18,19). The summed E-state index contributed by atoms with van der Waals surface area (Å²) < 4.78 is 0. The molecule has 0 aliphatic rings. The van der Waals surface area contributed by atoms with E-state index in [4.69, 9.17) is 28.9 Å². The quantitative estimate of drug-likeness (QED) is 0.818. The van der Waals surface area contributed by atoms with Crippen molar-refractivity contribution >= 4 is 40.5 Å². The summed E-state index contributed by atoms with van der Waals surface area (Å²) in [6.45, 7) is 1.86. The molecule has 0 saturated carbocycles. The van der Waals surface area contributed by atoms with Gasteiger partial charge in [-0.1, -0.05) is 23.2 Å². The maximum absolute atomic E-state index is 12.1. The number of hydrogen-bond acceptors (Lipinski definition) is 2. The lowest BCUT2D eigenvalue weighted by Gasteiger charge is -2.10. The topological polar surface area (TPSA) is 55.1 Å². The molecule has 0 saturated heterocycles. The van der Waals surface area contributed by atoms with Crippen molar-refractivity contribution in [2.75, 3.05) is 11.1 Å². The molecule has 0 spiro atoms. The maximum Gasteiger partial charge on any atom is 0.257 e. The molecule has 0 heterocycles. The third kappa shape index (κ3) is 3.19. The molecule has 1 amide bonds. The van der Waals surface area contributed by atoms with Gasteiger partial charge in [0.05, 0.1) is 10.6 Å². The van der Waals surface area contributed by atoms with Crippen LogP contribution in [0.1, 0.15) is 15.9 Å². The summed E-state index contributed by atoms with van der Waals surface area (Å²) in [5, 5.41) is 3.77. The summed E-state index contributed by atoms with van der Waals surface area (Å²) in [5.74, 6) is -0.303. The summed E-state index contributed by atoms with van der Waals surface area (Å²) in [4.78, 5) is 12.1. The molecule has 0 aliphatic carbocycles. The van der Waals surface area contributed by atoms with Crippen LogP contribution in [-0.4, -0.2) is 5.91 Å². The van der Waals surface area contributed by atoms with Gasteiger partial charge in [-0.15, -0.1) is 0 Å². The summed E-state index contributed by atoms with van der Waals surface area (Å²) in [6, 6.07) is 10.0. The van der Waals surface area contributed by atoms with Gasteiger partial charge in [0.2, 0.25) is 0 Å². The molecule has 2 rings (SSSR count). The first-order chi connectivity index (χ1) is 8.97. The summed E-state index contributed by atoms with van der Waals surface area (Å²) >= 11 is 11.9. The average Bonchev–Trinajstić information content (AvgIpc) is 2.35. The molecule has 0 radical (unpaired) electrons. The zero-order valence-electron chi connectivity index (χ0n) is 10.2. The second kappa shape index (κ2) is 5.51. The normalized spacial score (nSPS) is 10.3. The number of amides is 1. The number of carbonyl (C=O) groups is 1. The Labute approximate surface area is 121 Å². The molecule has 3 nitrogen and oxygen atoms in total. The van der Waals surface area contributed by atoms with E-state index >= 15 is 0 Å². The molecule has 2 aromatic carbocycles. The van der Waals surface area contributed by atoms with Crippen LogP contribution in [0.4, 0.5) is 11.4 Å². The highest BCUT2D eigenvalue weighted by Crippen LogP contribution is 2.23. The van der Waals surface area contributed by atoms with Crippen molar-refractivity contribution < 1.29 is 4.79 Å². The minimum absolute atomic E-state index is 0.303. The van der Waals surface area contributed by atoms with Crippen LogP contribution >= 0.6 is 23.2 Å². The van der Waals surface area contributed by atoms with Crippen molar-refractivity contribution in [2.24, 2.45) is 0 Å². The molecule has 0 atom stereocenters. The minimum Gasteiger partial charge on any atom is -0.399 e. The highest BCUT2D eigenvalue weighted by Gasteiger charge is 2.12. The van der Waals surface area contributed by atoms with E-state index < -0.39 is 0 Å². The minimum atomic E-state index is -0.303. The Morgan fingerprint density at radius 3 is 2.58 bits per heavy atom. The van der Waals surface area contributed by atoms with E-state index in [9.17, 15) is 4.79 Å². The third-order valence-electron chi connectivity index (χ3n) is 2.67. The first-order valence-electron chi connectivity index (χ1n) is 5.60. The summed E-state index contributed by atoms with van der Waals surface area (Å²) in [6.07, 6.45) is 0. The molecule has 5 heteroatoms. The van der Waals surface area contributed by atoms with E-state index in [0.29, 0.717) is 27.0 Å². The van der Waals surface area contributed by atoms with Crippen LogP contribution in [0.2, 0.25) is 10.0 Å². The second-order valence-corrected chi connectivity index (χ2v) is 5.00. The lowest BCUT2D eigenvalue weighted by atomic mass is 10.1. The number of nitrogens with one attached hydrogen (secondary N) is 1. The van der Waals surface area contributed by atoms with Gasteiger partial charge in [0, 0.05) is 16.4 Å². The van der Waals surface area contributed by atoms with Crippen molar-refractivity contribution in [3.8, 4) is 0 Å². The number of anilines is 2. The number of benzene rings is 2. The number of carbonyl (C=O) groups excluding carboxylic acids is 1. The Morgan fingerprint density at radius 1 is 1.16 bits per heavy atom. The van der Waals surface area contributed by atoms with Crippen LogP contribution < -0.4 is 11.1 Å². The number of aryl methyl sites for hydroxylation is 1. The number of halogens is 2. The van der Waals surface area contributed by atoms with Gasteiger partial charge in [0.25, 0.3) is 5.91 Å². The van der Waals surface area contributed by atoms with Gasteiger partial charge in [-0.3, -0.25) is 4.79 Å². The molecule has 0 unspecified atom stereocenters. The fourth-order valence-electron chi connectivity index (χ4n) is 1.67. The molecule has 3 N–H and O–H groups in total. The van der Waals surface area contributed by atoms with Gasteiger partial charge in [-0.25, -0.2) is 0 Å². The number of rotatable bonds is 2. The predicted molar refractivity (Wildman–Crippen MR) is 80.0 cm³/mol. The highest BCUT2D eigenvalue weighted by atomic mass is 35.5. The van der Waals surface area contributed by atoms with Gasteiger partial charge in [0.15, 0.2) is 0 Å². The van der Waals surface area contributed by atoms with Gasteiger partial charge < -0.3 is 11.1 Å². The van der Waals surface area contributed by atoms with E-state index in [2.05, 4.69) is 5.32 Å². The lowest BCUT2D eigenvalue weighted by molar-refractivity contribution is 0.102. The molecular formula is C14H12Cl2N2O. The van der Waals surface area contributed by atoms with Crippen LogP contribution in [0.5, 0.6) is 0 Å². The molecule has 0 bridgehead atoms. The van der Waals surface area contributed by atoms with Gasteiger partial charge in [-0.05, 0) is 48.9 Å². The molecule has 0 fully saturated rings. The number of nitrogen functional groups attached to an aromatic ring is 1. The summed E-state index contributed by atoms with van der Waals surface area (Å²) in [5.41, 5.74) is 8.05. The smallest absolute Gasteiger partial charge is 0.257 e. The number of nitrogens with two attached hydrogens (primary N) is 1. The van der Waals surface area contributed by atoms with Crippen molar-refractivity contribution in [3.63, 3.8) is 0 Å². The maximum atomic E-state index is 12.1. The van der Waals surface area contributed by atoms with E-state index in [1.807, 2.05) is 6.92 Å². The molecule has 0 aliphatic heterocycles.